The first kappa shape index (κ1) is 16.1. The quantitative estimate of drug-likeness (QED) is 0.597. The summed E-state index contributed by atoms with van der Waals surface area (Å²) in [7, 11) is 0. The highest BCUT2D eigenvalue weighted by Gasteiger charge is 2.29. The van der Waals surface area contributed by atoms with Crippen molar-refractivity contribution in [2.45, 2.75) is 25.3 Å². The normalized spacial score (nSPS) is 25.3. The van der Waals surface area contributed by atoms with Gasteiger partial charge in [-0.2, -0.15) is 0 Å². The van der Waals surface area contributed by atoms with Crippen LogP contribution in [0.15, 0.2) is 18.2 Å². The van der Waals surface area contributed by atoms with Gasteiger partial charge in [0.05, 0.1) is 6.04 Å². The second-order valence-electron chi connectivity index (χ2n) is 6.95. The Kier molecular flexibility index (Phi) is 5.18. The van der Waals surface area contributed by atoms with Gasteiger partial charge >= 0.3 is 0 Å². The maximum Gasteiger partial charge on any atom is 0.231 e. The molecule has 2 aliphatic heterocycles. The van der Waals surface area contributed by atoms with Crippen LogP contribution in [0.1, 0.15) is 30.9 Å². The Balaban J connectivity index is 1.20. The van der Waals surface area contributed by atoms with Crippen LogP contribution < -0.4 is 25.6 Å². The number of fused-ring (bicyclic) bond motifs is 1. The average Bonchev–Trinajstić information content (AvgIpc) is 3.11. The third-order valence-electron chi connectivity index (χ3n) is 4.95. The fourth-order valence-electron chi connectivity index (χ4n) is 3.31. The highest BCUT2D eigenvalue weighted by molar-refractivity contribution is 5.45. The lowest BCUT2D eigenvalue weighted by Crippen LogP contribution is -2.29. The Morgan fingerprint density at radius 3 is 3.04 bits per heavy atom. The third-order valence-corrected chi connectivity index (χ3v) is 4.95. The van der Waals surface area contributed by atoms with Crippen LogP contribution in [0.2, 0.25) is 0 Å². The molecule has 0 bridgehead atoms. The van der Waals surface area contributed by atoms with E-state index in [0.717, 1.165) is 56.7 Å². The van der Waals surface area contributed by atoms with Crippen LogP contribution in [-0.2, 0) is 4.74 Å². The van der Waals surface area contributed by atoms with Gasteiger partial charge in [-0.05, 0) is 49.4 Å². The fraction of sp³-hybridized carbons (Fsp3) is 0.667. The van der Waals surface area contributed by atoms with E-state index in [4.69, 9.17) is 14.2 Å². The minimum atomic E-state index is 0.290. The summed E-state index contributed by atoms with van der Waals surface area (Å²) in [6, 6.07) is 6.50. The highest BCUT2D eigenvalue weighted by atomic mass is 16.7. The van der Waals surface area contributed by atoms with Crippen molar-refractivity contribution in [2.24, 2.45) is 11.8 Å². The smallest absolute Gasteiger partial charge is 0.231 e. The van der Waals surface area contributed by atoms with Crippen molar-refractivity contribution in [3.05, 3.63) is 23.8 Å². The molecule has 1 aromatic carbocycles. The van der Waals surface area contributed by atoms with E-state index in [1.165, 1.54) is 18.4 Å². The van der Waals surface area contributed by atoms with Crippen molar-refractivity contribution >= 4 is 0 Å². The minimum absolute atomic E-state index is 0.290. The molecule has 3 aliphatic rings. The minimum Gasteiger partial charge on any atom is -0.454 e. The van der Waals surface area contributed by atoms with E-state index in [0.29, 0.717) is 12.7 Å². The largest absolute Gasteiger partial charge is 0.454 e. The predicted molar refractivity (Wildman–Crippen MR) is 91.0 cm³/mol. The highest BCUT2D eigenvalue weighted by Crippen LogP contribution is 2.36. The Morgan fingerprint density at radius 1 is 1.21 bits per heavy atom. The number of hydrogen-bond donors (Lipinski definition) is 3. The molecule has 2 unspecified atom stereocenters. The topological polar surface area (TPSA) is 63.8 Å². The molecular formula is C18H27N3O3. The summed E-state index contributed by atoms with van der Waals surface area (Å²) in [5, 5.41) is 3.57. The van der Waals surface area contributed by atoms with Crippen LogP contribution in [-0.4, -0.2) is 39.6 Å². The molecule has 0 aromatic heterocycles. The number of ether oxygens (including phenoxy) is 3. The third kappa shape index (κ3) is 4.00. The number of hydrazine groups is 1. The van der Waals surface area contributed by atoms with Crippen molar-refractivity contribution in [2.75, 3.05) is 39.6 Å². The van der Waals surface area contributed by atoms with E-state index in [-0.39, 0.29) is 6.04 Å². The van der Waals surface area contributed by atoms with E-state index >= 15 is 0 Å². The van der Waals surface area contributed by atoms with Gasteiger partial charge in [-0.25, -0.2) is 5.43 Å². The summed E-state index contributed by atoms with van der Waals surface area (Å²) in [6.07, 6.45) is 3.80. The van der Waals surface area contributed by atoms with Gasteiger partial charge in [0.2, 0.25) is 6.79 Å². The molecule has 1 saturated heterocycles. The molecular weight excluding hydrogens is 306 g/mol. The zero-order valence-electron chi connectivity index (χ0n) is 14.1. The number of hydrogen-bond acceptors (Lipinski definition) is 6. The summed E-state index contributed by atoms with van der Waals surface area (Å²) in [4.78, 5) is 0. The molecule has 1 aliphatic carbocycles. The van der Waals surface area contributed by atoms with Crippen molar-refractivity contribution in [3.63, 3.8) is 0 Å². The maximum atomic E-state index is 5.67. The van der Waals surface area contributed by atoms with Crippen molar-refractivity contribution in [1.29, 1.82) is 0 Å². The SMILES string of the molecule is c1cc2c(cc1C1NNCC1CNCCCOCC1CC1)OCO2. The van der Waals surface area contributed by atoms with Gasteiger partial charge in [0.1, 0.15) is 0 Å². The van der Waals surface area contributed by atoms with Gasteiger partial charge in [-0.1, -0.05) is 6.07 Å². The van der Waals surface area contributed by atoms with Crippen LogP contribution >= 0.6 is 0 Å². The first-order valence-corrected chi connectivity index (χ1v) is 9.06. The molecule has 1 aromatic rings. The molecule has 0 radical (unpaired) electrons. The zero-order valence-corrected chi connectivity index (χ0v) is 14.1. The maximum absolute atomic E-state index is 5.67. The predicted octanol–water partition coefficient (Wildman–Crippen LogP) is 1.59. The Bertz CT molecular complexity index is 550. The summed E-state index contributed by atoms with van der Waals surface area (Å²) in [6.45, 7) is 5.11. The van der Waals surface area contributed by atoms with Gasteiger partial charge in [-0.15, -0.1) is 0 Å². The molecule has 132 valence electrons. The number of nitrogens with one attached hydrogen (secondary N) is 3. The summed E-state index contributed by atoms with van der Waals surface area (Å²) in [5.74, 6) is 3.06. The van der Waals surface area contributed by atoms with Crippen LogP contribution in [0.3, 0.4) is 0 Å². The lowest BCUT2D eigenvalue weighted by Gasteiger charge is -2.19. The molecule has 0 spiro atoms. The lowest BCUT2D eigenvalue weighted by molar-refractivity contribution is 0.122. The Labute approximate surface area is 143 Å². The van der Waals surface area contributed by atoms with E-state index in [2.05, 4.69) is 28.3 Å². The molecule has 2 atom stereocenters. The summed E-state index contributed by atoms with van der Waals surface area (Å²) < 4.78 is 16.6. The molecule has 24 heavy (non-hydrogen) atoms. The summed E-state index contributed by atoms with van der Waals surface area (Å²) >= 11 is 0. The molecule has 2 fully saturated rings. The molecule has 6 heteroatoms. The Hall–Kier alpha value is -1.34. The van der Waals surface area contributed by atoms with E-state index in [1.807, 2.05) is 6.07 Å². The lowest BCUT2D eigenvalue weighted by atomic mass is 9.94. The van der Waals surface area contributed by atoms with Gasteiger partial charge in [0, 0.05) is 32.2 Å². The van der Waals surface area contributed by atoms with Gasteiger partial charge in [0.25, 0.3) is 0 Å². The molecule has 1 saturated carbocycles. The molecule has 2 heterocycles. The molecule has 4 rings (SSSR count). The van der Waals surface area contributed by atoms with Crippen molar-refractivity contribution < 1.29 is 14.2 Å². The van der Waals surface area contributed by atoms with Crippen LogP contribution in [0.25, 0.3) is 0 Å². The monoisotopic (exact) mass is 333 g/mol. The van der Waals surface area contributed by atoms with Gasteiger partial charge < -0.3 is 19.5 Å². The average molecular weight is 333 g/mol. The second kappa shape index (κ2) is 7.70. The van der Waals surface area contributed by atoms with Crippen molar-refractivity contribution in [1.82, 2.24) is 16.2 Å². The van der Waals surface area contributed by atoms with Gasteiger partial charge in [0.15, 0.2) is 11.5 Å². The second-order valence-corrected chi connectivity index (χ2v) is 6.95. The van der Waals surface area contributed by atoms with E-state index in [1.54, 1.807) is 0 Å². The molecule has 3 N–H and O–H groups in total. The first-order valence-electron chi connectivity index (χ1n) is 9.06. The first-order chi connectivity index (χ1) is 11.9. The number of rotatable bonds is 9. The number of benzene rings is 1. The van der Waals surface area contributed by atoms with Crippen LogP contribution in [0, 0.1) is 11.8 Å². The van der Waals surface area contributed by atoms with Gasteiger partial charge in [-0.3, -0.25) is 5.43 Å². The van der Waals surface area contributed by atoms with E-state index in [9.17, 15) is 0 Å². The zero-order chi connectivity index (χ0) is 16.2. The standard InChI is InChI=1S/C18H27N3O3/c1(7-22-11-13-2-3-13)6-19-9-15-10-20-21-18(15)14-4-5-16-17(8-14)24-12-23-16/h4-5,8,13,15,18-21H,1-3,6-7,9-12H2. The summed E-state index contributed by atoms with van der Waals surface area (Å²) in [5.41, 5.74) is 7.91. The fourth-order valence-corrected chi connectivity index (χ4v) is 3.31. The Morgan fingerprint density at radius 2 is 2.12 bits per heavy atom. The van der Waals surface area contributed by atoms with Crippen molar-refractivity contribution in [3.8, 4) is 11.5 Å². The van der Waals surface area contributed by atoms with E-state index < -0.39 is 0 Å². The molecule has 6 nitrogen and oxygen atoms in total. The van der Waals surface area contributed by atoms with Crippen LogP contribution in [0.4, 0.5) is 0 Å². The van der Waals surface area contributed by atoms with Crippen LogP contribution in [0.5, 0.6) is 11.5 Å². The molecule has 0 amide bonds.